The minimum atomic E-state index is -0.407. The molecule has 1 aliphatic rings. The van der Waals surface area contributed by atoms with Crippen molar-refractivity contribution in [1.29, 1.82) is 0 Å². The number of aliphatic hydroxyl groups excluding tert-OH is 1. The fourth-order valence-electron chi connectivity index (χ4n) is 2.16. The maximum Gasteiger partial charge on any atom is 0.263 e. The molecule has 1 amide bonds. The van der Waals surface area contributed by atoms with Crippen LogP contribution < -0.4 is 5.32 Å². The summed E-state index contributed by atoms with van der Waals surface area (Å²) in [6.07, 6.45) is 6.10. The first-order valence-electron chi connectivity index (χ1n) is 6.08. The molecule has 0 aliphatic heterocycles. The van der Waals surface area contributed by atoms with E-state index >= 15 is 0 Å². The minimum absolute atomic E-state index is 0.104. The number of carbonyl (C=O) groups excluding carboxylic acids is 1. The van der Waals surface area contributed by atoms with Gasteiger partial charge in [0.05, 0.1) is 23.4 Å². The van der Waals surface area contributed by atoms with Gasteiger partial charge >= 0.3 is 0 Å². The third kappa shape index (κ3) is 3.26. The highest BCUT2D eigenvalue weighted by atomic mass is 32.1. The smallest absolute Gasteiger partial charge is 0.263 e. The van der Waals surface area contributed by atoms with Gasteiger partial charge in [-0.3, -0.25) is 4.79 Å². The summed E-state index contributed by atoms with van der Waals surface area (Å²) in [6.45, 7) is 1.88. The first kappa shape index (κ1) is 12.5. The Labute approximate surface area is 105 Å². The molecule has 2 N–H and O–H groups in total. The molecule has 1 aromatic rings. The lowest BCUT2D eigenvalue weighted by atomic mass is 10.1. The van der Waals surface area contributed by atoms with Crippen LogP contribution in [0.3, 0.4) is 0 Å². The molecule has 1 aromatic heterocycles. The number of hydrogen-bond donors (Lipinski definition) is 2. The Morgan fingerprint density at radius 2 is 2.24 bits per heavy atom. The monoisotopic (exact) mass is 254 g/mol. The zero-order valence-corrected chi connectivity index (χ0v) is 10.8. The van der Waals surface area contributed by atoms with E-state index in [0.717, 1.165) is 37.1 Å². The lowest BCUT2D eigenvalue weighted by Crippen LogP contribution is -2.42. The van der Waals surface area contributed by atoms with Crippen LogP contribution in [-0.4, -0.2) is 28.1 Å². The SMILES string of the molecule is Cc1ncc(C(=O)NC2CCCCCC2O)s1. The van der Waals surface area contributed by atoms with Crippen LogP contribution in [0.15, 0.2) is 6.20 Å². The van der Waals surface area contributed by atoms with Gasteiger partial charge in [0.2, 0.25) is 0 Å². The van der Waals surface area contributed by atoms with Crippen LogP contribution in [0.5, 0.6) is 0 Å². The first-order valence-corrected chi connectivity index (χ1v) is 6.90. The molecule has 1 fully saturated rings. The van der Waals surface area contributed by atoms with Crippen molar-refractivity contribution in [2.45, 2.75) is 51.2 Å². The molecule has 0 radical (unpaired) electrons. The summed E-state index contributed by atoms with van der Waals surface area (Å²) in [5.41, 5.74) is 0. The van der Waals surface area contributed by atoms with Gasteiger partial charge in [-0.25, -0.2) is 4.98 Å². The Hall–Kier alpha value is -0.940. The lowest BCUT2D eigenvalue weighted by molar-refractivity contribution is 0.0822. The van der Waals surface area contributed by atoms with Gasteiger partial charge < -0.3 is 10.4 Å². The molecule has 0 bridgehead atoms. The fourth-order valence-corrected chi connectivity index (χ4v) is 2.84. The van der Waals surface area contributed by atoms with Crippen molar-refractivity contribution in [2.75, 3.05) is 0 Å². The van der Waals surface area contributed by atoms with E-state index in [2.05, 4.69) is 10.3 Å². The van der Waals surface area contributed by atoms with Gasteiger partial charge in [0.15, 0.2) is 0 Å². The predicted molar refractivity (Wildman–Crippen MR) is 67.2 cm³/mol. The number of nitrogens with zero attached hydrogens (tertiary/aromatic N) is 1. The molecule has 5 heteroatoms. The highest BCUT2D eigenvalue weighted by Crippen LogP contribution is 2.19. The van der Waals surface area contributed by atoms with Crippen LogP contribution in [0, 0.1) is 6.92 Å². The summed E-state index contributed by atoms with van der Waals surface area (Å²) in [7, 11) is 0. The molecule has 94 valence electrons. The highest BCUT2D eigenvalue weighted by molar-refractivity contribution is 7.13. The number of thiazole rings is 1. The Kier molecular flexibility index (Phi) is 4.12. The Morgan fingerprint density at radius 3 is 2.94 bits per heavy atom. The summed E-state index contributed by atoms with van der Waals surface area (Å²) in [5, 5.41) is 13.7. The molecule has 0 saturated heterocycles. The third-order valence-electron chi connectivity index (χ3n) is 3.14. The summed E-state index contributed by atoms with van der Waals surface area (Å²) >= 11 is 1.39. The van der Waals surface area contributed by atoms with Gasteiger partial charge in [-0.2, -0.15) is 0 Å². The second kappa shape index (κ2) is 5.60. The number of aliphatic hydroxyl groups is 1. The minimum Gasteiger partial charge on any atom is -0.391 e. The van der Waals surface area contributed by atoms with Crippen molar-refractivity contribution in [3.8, 4) is 0 Å². The topological polar surface area (TPSA) is 62.2 Å². The van der Waals surface area contributed by atoms with Crippen molar-refractivity contribution in [1.82, 2.24) is 10.3 Å². The molecule has 2 rings (SSSR count). The van der Waals surface area contributed by atoms with E-state index in [4.69, 9.17) is 0 Å². The number of rotatable bonds is 2. The zero-order valence-electron chi connectivity index (χ0n) is 9.98. The molecule has 17 heavy (non-hydrogen) atoms. The molecule has 2 unspecified atom stereocenters. The van der Waals surface area contributed by atoms with Gasteiger partial charge in [0.25, 0.3) is 5.91 Å². The maximum absolute atomic E-state index is 11.9. The summed E-state index contributed by atoms with van der Waals surface area (Å²) in [6, 6.07) is -0.104. The van der Waals surface area contributed by atoms with Crippen molar-refractivity contribution in [3.05, 3.63) is 16.1 Å². The van der Waals surface area contributed by atoms with Crippen LogP contribution >= 0.6 is 11.3 Å². The van der Waals surface area contributed by atoms with E-state index in [1.54, 1.807) is 6.20 Å². The number of carbonyl (C=O) groups is 1. The maximum atomic E-state index is 11.9. The molecular weight excluding hydrogens is 236 g/mol. The van der Waals surface area contributed by atoms with Crippen LogP contribution in [0.2, 0.25) is 0 Å². The quantitative estimate of drug-likeness (QED) is 0.792. The number of aryl methyl sites for hydroxylation is 1. The van der Waals surface area contributed by atoms with Crippen molar-refractivity contribution >= 4 is 17.2 Å². The van der Waals surface area contributed by atoms with E-state index in [0.29, 0.717) is 4.88 Å². The summed E-state index contributed by atoms with van der Waals surface area (Å²) < 4.78 is 0. The van der Waals surface area contributed by atoms with Crippen LogP contribution in [0.1, 0.15) is 46.8 Å². The van der Waals surface area contributed by atoms with Gasteiger partial charge in [-0.05, 0) is 19.8 Å². The van der Waals surface area contributed by atoms with Crippen molar-refractivity contribution in [2.24, 2.45) is 0 Å². The van der Waals surface area contributed by atoms with Crippen LogP contribution in [-0.2, 0) is 0 Å². The number of amides is 1. The van der Waals surface area contributed by atoms with E-state index in [1.807, 2.05) is 6.92 Å². The van der Waals surface area contributed by atoms with Crippen LogP contribution in [0.25, 0.3) is 0 Å². The number of nitrogens with one attached hydrogen (secondary N) is 1. The summed E-state index contributed by atoms with van der Waals surface area (Å²) in [4.78, 5) is 16.6. The van der Waals surface area contributed by atoms with Gasteiger partial charge in [0, 0.05) is 0 Å². The molecule has 2 atom stereocenters. The van der Waals surface area contributed by atoms with Gasteiger partial charge in [-0.15, -0.1) is 11.3 Å². The van der Waals surface area contributed by atoms with E-state index in [9.17, 15) is 9.90 Å². The molecule has 1 saturated carbocycles. The standard InChI is InChI=1S/C12H18N2O2S/c1-8-13-7-11(17-8)12(16)14-9-5-3-2-4-6-10(9)15/h7,9-10,15H,2-6H2,1H3,(H,14,16). The van der Waals surface area contributed by atoms with E-state index < -0.39 is 6.10 Å². The summed E-state index contributed by atoms with van der Waals surface area (Å²) in [5.74, 6) is -0.110. The van der Waals surface area contributed by atoms with Gasteiger partial charge in [0.1, 0.15) is 4.88 Å². The van der Waals surface area contributed by atoms with E-state index in [1.165, 1.54) is 11.3 Å². The van der Waals surface area contributed by atoms with Crippen molar-refractivity contribution in [3.63, 3.8) is 0 Å². The second-order valence-corrected chi connectivity index (χ2v) is 5.76. The largest absolute Gasteiger partial charge is 0.391 e. The van der Waals surface area contributed by atoms with Crippen molar-refractivity contribution < 1.29 is 9.90 Å². The Bertz CT molecular complexity index is 392. The predicted octanol–water partition coefficient (Wildman–Crippen LogP) is 1.87. The molecule has 0 spiro atoms. The average molecular weight is 254 g/mol. The number of hydrogen-bond acceptors (Lipinski definition) is 4. The third-order valence-corrected chi connectivity index (χ3v) is 4.05. The lowest BCUT2D eigenvalue weighted by Gasteiger charge is -2.21. The molecule has 1 aliphatic carbocycles. The number of aromatic nitrogens is 1. The molecular formula is C12H18N2O2S. The fraction of sp³-hybridized carbons (Fsp3) is 0.667. The zero-order chi connectivity index (χ0) is 12.3. The average Bonchev–Trinajstić information content (AvgIpc) is 2.63. The molecule has 0 aromatic carbocycles. The van der Waals surface area contributed by atoms with E-state index in [-0.39, 0.29) is 11.9 Å². The van der Waals surface area contributed by atoms with Crippen LogP contribution in [0.4, 0.5) is 0 Å². The Morgan fingerprint density at radius 1 is 1.47 bits per heavy atom. The normalized spacial score (nSPS) is 25.3. The highest BCUT2D eigenvalue weighted by Gasteiger charge is 2.24. The Balaban J connectivity index is 1.97. The molecule has 1 heterocycles. The second-order valence-electron chi connectivity index (χ2n) is 4.53. The first-order chi connectivity index (χ1) is 8.16. The van der Waals surface area contributed by atoms with Gasteiger partial charge in [-0.1, -0.05) is 19.3 Å². The molecule has 4 nitrogen and oxygen atoms in total.